The second-order valence-electron chi connectivity index (χ2n) is 3.70. The van der Waals surface area contributed by atoms with Crippen molar-refractivity contribution in [1.82, 2.24) is 10.6 Å². The zero-order chi connectivity index (χ0) is 10.4. The molecule has 1 saturated heterocycles. The molecule has 1 rings (SSSR count). The Hall–Kier alpha value is -0.220. The fraction of sp³-hybridized carbons (Fsp3) is 0.900. The normalized spacial score (nSPS) is 21.5. The fourth-order valence-electron chi connectivity index (χ4n) is 1.51. The molecule has 0 aliphatic carbocycles. The number of hydrogen-bond acceptors (Lipinski definition) is 3. The van der Waals surface area contributed by atoms with E-state index in [1.54, 1.807) is 11.8 Å². The van der Waals surface area contributed by atoms with Crippen LogP contribution in [0.25, 0.3) is 0 Å². The average molecular weight is 216 g/mol. The molecule has 1 fully saturated rings. The van der Waals surface area contributed by atoms with Crippen LogP contribution in [0.1, 0.15) is 26.7 Å². The first-order valence-electron chi connectivity index (χ1n) is 5.36. The lowest BCUT2D eigenvalue weighted by Crippen LogP contribution is -2.43. The SMILES string of the molecule is CCC(CC)CNC(=O)C1CSCN1. The number of hydrogen-bond donors (Lipinski definition) is 2. The first kappa shape index (κ1) is 11.9. The van der Waals surface area contributed by atoms with E-state index in [1.807, 2.05) is 0 Å². The first-order valence-corrected chi connectivity index (χ1v) is 6.52. The number of nitrogens with one attached hydrogen (secondary N) is 2. The molecule has 1 heterocycles. The molecule has 0 saturated carbocycles. The second kappa shape index (κ2) is 6.30. The van der Waals surface area contributed by atoms with Gasteiger partial charge in [-0.1, -0.05) is 26.7 Å². The van der Waals surface area contributed by atoms with E-state index in [0.29, 0.717) is 5.92 Å². The Kier molecular flexibility index (Phi) is 5.33. The lowest BCUT2D eigenvalue weighted by molar-refractivity contribution is -0.122. The number of carbonyl (C=O) groups excluding carboxylic acids is 1. The molecule has 1 aliphatic heterocycles. The quantitative estimate of drug-likeness (QED) is 0.725. The number of rotatable bonds is 5. The third-order valence-corrected chi connectivity index (χ3v) is 3.69. The summed E-state index contributed by atoms with van der Waals surface area (Å²) in [4.78, 5) is 11.6. The van der Waals surface area contributed by atoms with Crippen LogP contribution in [0.15, 0.2) is 0 Å². The standard InChI is InChI=1S/C10H20N2OS/c1-3-8(4-2)5-11-10(13)9-6-14-7-12-9/h8-9,12H,3-7H2,1-2H3,(H,11,13). The Morgan fingerprint density at radius 1 is 1.57 bits per heavy atom. The van der Waals surface area contributed by atoms with Crippen molar-refractivity contribution < 1.29 is 4.79 Å². The van der Waals surface area contributed by atoms with Gasteiger partial charge in [-0.2, -0.15) is 0 Å². The lowest BCUT2D eigenvalue weighted by atomic mass is 10.0. The van der Waals surface area contributed by atoms with Crippen molar-refractivity contribution in [3.05, 3.63) is 0 Å². The summed E-state index contributed by atoms with van der Waals surface area (Å²) in [6.07, 6.45) is 2.28. The summed E-state index contributed by atoms with van der Waals surface area (Å²) >= 11 is 1.78. The van der Waals surface area contributed by atoms with Crippen LogP contribution in [0, 0.1) is 5.92 Å². The fourth-order valence-corrected chi connectivity index (χ4v) is 2.45. The van der Waals surface area contributed by atoms with E-state index < -0.39 is 0 Å². The molecule has 14 heavy (non-hydrogen) atoms. The van der Waals surface area contributed by atoms with Gasteiger partial charge in [0, 0.05) is 18.2 Å². The summed E-state index contributed by atoms with van der Waals surface area (Å²) in [5.41, 5.74) is 0. The van der Waals surface area contributed by atoms with E-state index >= 15 is 0 Å². The van der Waals surface area contributed by atoms with Crippen LogP contribution in [-0.4, -0.2) is 30.1 Å². The largest absolute Gasteiger partial charge is 0.354 e. The molecule has 1 amide bonds. The van der Waals surface area contributed by atoms with Gasteiger partial charge in [0.1, 0.15) is 0 Å². The van der Waals surface area contributed by atoms with Crippen molar-refractivity contribution in [1.29, 1.82) is 0 Å². The van der Waals surface area contributed by atoms with Gasteiger partial charge in [0.15, 0.2) is 0 Å². The monoisotopic (exact) mass is 216 g/mol. The van der Waals surface area contributed by atoms with Crippen LogP contribution >= 0.6 is 11.8 Å². The van der Waals surface area contributed by atoms with Crippen molar-refractivity contribution in [2.45, 2.75) is 32.7 Å². The highest BCUT2D eigenvalue weighted by Gasteiger charge is 2.22. The molecule has 1 unspecified atom stereocenters. The summed E-state index contributed by atoms with van der Waals surface area (Å²) in [5.74, 6) is 2.62. The van der Waals surface area contributed by atoms with Crippen molar-refractivity contribution in [2.24, 2.45) is 5.92 Å². The summed E-state index contributed by atoms with van der Waals surface area (Å²) in [6, 6.07) is 0.0364. The molecule has 0 aromatic rings. The summed E-state index contributed by atoms with van der Waals surface area (Å²) < 4.78 is 0. The summed E-state index contributed by atoms with van der Waals surface area (Å²) in [5, 5.41) is 6.18. The zero-order valence-electron chi connectivity index (χ0n) is 9.01. The molecule has 1 atom stereocenters. The maximum absolute atomic E-state index is 11.6. The van der Waals surface area contributed by atoms with E-state index in [9.17, 15) is 4.79 Å². The van der Waals surface area contributed by atoms with Gasteiger partial charge in [0.05, 0.1) is 6.04 Å². The van der Waals surface area contributed by atoms with Gasteiger partial charge in [-0.3, -0.25) is 10.1 Å². The maximum Gasteiger partial charge on any atom is 0.238 e. The predicted octanol–water partition coefficient (Wildman–Crippen LogP) is 1.20. The highest BCUT2D eigenvalue weighted by Crippen LogP contribution is 2.10. The zero-order valence-corrected chi connectivity index (χ0v) is 9.82. The molecular formula is C10H20N2OS. The first-order chi connectivity index (χ1) is 6.77. The number of thioether (sulfide) groups is 1. The molecular weight excluding hydrogens is 196 g/mol. The maximum atomic E-state index is 11.6. The van der Waals surface area contributed by atoms with Gasteiger partial charge in [-0.05, 0) is 5.92 Å². The Balaban J connectivity index is 2.19. The van der Waals surface area contributed by atoms with Crippen LogP contribution in [0.4, 0.5) is 0 Å². The smallest absolute Gasteiger partial charge is 0.238 e. The van der Waals surface area contributed by atoms with Crippen molar-refractivity contribution in [3.8, 4) is 0 Å². The molecule has 0 bridgehead atoms. The Morgan fingerprint density at radius 2 is 2.29 bits per heavy atom. The Bertz CT molecular complexity index is 177. The van der Waals surface area contributed by atoms with Crippen LogP contribution in [-0.2, 0) is 4.79 Å². The van der Waals surface area contributed by atoms with Crippen molar-refractivity contribution in [2.75, 3.05) is 18.2 Å². The molecule has 4 heteroatoms. The molecule has 2 N–H and O–H groups in total. The minimum absolute atomic E-state index is 0.0364. The molecule has 0 spiro atoms. The molecule has 0 radical (unpaired) electrons. The molecule has 0 aromatic carbocycles. The second-order valence-corrected chi connectivity index (χ2v) is 4.73. The van der Waals surface area contributed by atoms with Gasteiger partial charge in [-0.15, -0.1) is 11.8 Å². The van der Waals surface area contributed by atoms with E-state index in [1.165, 1.54) is 0 Å². The van der Waals surface area contributed by atoms with Crippen LogP contribution in [0.3, 0.4) is 0 Å². The highest BCUT2D eigenvalue weighted by atomic mass is 32.2. The van der Waals surface area contributed by atoms with Crippen LogP contribution in [0.2, 0.25) is 0 Å². The van der Waals surface area contributed by atoms with Gasteiger partial charge in [0.25, 0.3) is 0 Å². The topological polar surface area (TPSA) is 41.1 Å². The third-order valence-electron chi connectivity index (χ3n) is 2.75. The van der Waals surface area contributed by atoms with E-state index in [2.05, 4.69) is 24.5 Å². The van der Waals surface area contributed by atoms with E-state index in [4.69, 9.17) is 0 Å². The van der Waals surface area contributed by atoms with Gasteiger partial charge >= 0.3 is 0 Å². The van der Waals surface area contributed by atoms with E-state index in [0.717, 1.165) is 31.0 Å². The Morgan fingerprint density at radius 3 is 2.79 bits per heavy atom. The van der Waals surface area contributed by atoms with E-state index in [-0.39, 0.29) is 11.9 Å². The average Bonchev–Trinajstić information content (AvgIpc) is 2.72. The minimum atomic E-state index is 0.0364. The molecule has 0 aromatic heterocycles. The van der Waals surface area contributed by atoms with Crippen molar-refractivity contribution >= 4 is 17.7 Å². The van der Waals surface area contributed by atoms with Crippen molar-refractivity contribution in [3.63, 3.8) is 0 Å². The third kappa shape index (κ3) is 3.50. The predicted molar refractivity (Wildman–Crippen MR) is 61.3 cm³/mol. The van der Waals surface area contributed by atoms with Crippen LogP contribution < -0.4 is 10.6 Å². The molecule has 3 nitrogen and oxygen atoms in total. The van der Waals surface area contributed by atoms with Crippen LogP contribution in [0.5, 0.6) is 0 Å². The Labute approximate surface area is 90.4 Å². The molecule has 1 aliphatic rings. The van der Waals surface area contributed by atoms with Gasteiger partial charge in [-0.25, -0.2) is 0 Å². The number of carbonyl (C=O) groups is 1. The lowest BCUT2D eigenvalue weighted by Gasteiger charge is -2.15. The molecule has 82 valence electrons. The summed E-state index contributed by atoms with van der Waals surface area (Å²) in [7, 11) is 0. The summed E-state index contributed by atoms with van der Waals surface area (Å²) in [6.45, 7) is 5.17. The van der Waals surface area contributed by atoms with Gasteiger partial charge in [0.2, 0.25) is 5.91 Å². The number of amides is 1. The van der Waals surface area contributed by atoms with Gasteiger partial charge < -0.3 is 5.32 Å². The minimum Gasteiger partial charge on any atom is -0.354 e. The highest BCUT2D eigenvalue weighted by molar-refractivity contribution is 7.99.